The predicted molar refractivity (Wildman–Crippen MR) is 89.8 cm³/mol. The van der Waals surface area contributed by atoms with Crippen molar-refractivity contribution in [1.82, 2.24) is 5.32 Å². The maximum Gasteiger partial charge on any atom is 0.239 e. The van der Waals surface area contributed by atoms with Crippen molar-refractivity contribution in [3.8, 4) is 5.75 Å². The summed E-state index contributed by atoms with van der Waals surface area (Å²) < 4.78 is 5.24. The van der Waals surface area contributed by atoms with Gasteiger partial charge in [0.15, 0.2) is 5.78 Å². The van der Waals surface area contributed by atoms with Crippen LogP contribution in [0.4, 0.5) is 5.69 Å². The van der Waals surface area contributed by atoms with Crippen LogP contribution < -0.4 is 15.4 Å². The summed E-state index contributed by atoms with van der Waals surface area (Å²) in [7, 11) is 1.60. The molecule has 0 spiro atoms. The number of hydrogen-bond donors (Lipinski definition) is 2. The number of carbonyl (C=O) groups is 2. The van der Waals surface area contributed by atoms with Gasteiger partial charge in [-0.1, -0.05) is 30.3 Å². The lowest BCUT2D eigenvalue weighted by atomic mass is 10.1. The number of Topliss-reactive ketones (excluding diaryl/α,β-unsaturated/α-hetero) is 1. The van der Waals surface area contributed by atoms with E-state index in [1.807, 2.05) is 30.3 Å². The van der Waals surface area contributed by atoms with E-state index < -0.39 is 0 Å². The third-order valence-corrected chi connectivity index (χ3v) is 3.41. The average Bonchev–Trinajstić information content (AvgIpc) is 2.58. The van der Waals surface area contributed by atoms with Crippen molar-refractivity contribution >= 4 is 17.4 Å². The molecule has 5 nitrogen and oxygen atoms in total. The monoisotopic (exact) mass is 312 g/mol. The lowest BCUT2D eigenvalue weighted by Crippen LogP contribution is -2.29. The summed E-state index contributed by atoms with van der Waals surface area (Å²) in [5.41, 5.74) is 2.14. The maximum absolute atomic E-state index is 12.0. The molecule has 23 heavy (non-hydrogen) atoms. The van der Waals surface area contributed by atoms with E-state index >= 15 is 0 Å². The Labute approximate surface area is 135 Å². The number of ether oxygens (including phenoxy) is 1. The Morgan fingerprint density at radius 1 is 1.04 bits per heavy atom. The molecule has 2 aromatic rings. The van der Waals surface area contributed by atoms with Gasteiger partial charge in [-0.15, -0.1) is 0 Å². The minimum atomic E-state index is -0.158. The van der Waals surface area contributed by atoms with Crippen LogP contribution in [-0.4, -0.2) is 25.3 Å². The minimum absolute atomic E-state index is 0.0393. The van der Waals surface area contributed by atoms with Gasteiger partial charge in [-0.05, 0) is 25.1 Å². The van der Waals surface area contributed by atoms with Crippen molar-refractivity contribution in [3.63, 3.8) is 0 Å². The number of hydrogen-bond acceptors (Lipinski definition) is 4. The lowest BCUT2D eigenvalue weighted by molar-refractivity contribution is -0.119. The molecule has 1 amide bonds. The highest BCUT2D eigenvalue weighted by Crippen LogP contribution is 2.17. The van der Waals surface area contributed by atoms with Gasteiger partial charge in [0.1, 0.15) is 5.75 Å². The van der Waals surface area contributed by atoms with Gasteiger partial charge in [-0.3, -0.25) is 9.59 Å². The molecule has 0 fully saturated rings. The van der Waals surface area contributed by atoms with Crippen molar-refractivity contribution < 1.29 is 14.3 Å². The van der Waals surface area contributed by atoms with Gasteiger partial charge >= 0.3 is 0 Å². The van der Waals surface area contributed by atoms with E-state index in [1.165, 1.54) is 6.92 Å². The fourth-order valence-electron chi connectivity index (χ4n) is 2.23. The number of methoxy groups -OCH3 is 1. The summed E-state index contributed by atoms with van der Waals surface area (Å²) in [6.07, 6.45) is 0. The van der Waals surface area contributed by atoms with Crippen molar-refractivity contribution in [2.24, 2.45) is 0 Å². The molecular formula is C18H20N2O3. The van der Waals surface area contributed by atoms with Gasteiger partial charge in [0.05, 0.1) is 13.7 Å². The van der Waals surface area contributed by atoms with E-state index in [0.29, 0.717) is 17.8 Å². The van der Waals surface area contributed by atoms with Gasteiger partial charge < -0.3 is 15.4 Å². The highest BCUT2D eigenvalue weighted by molar-refractivity contribution is 6.00. The van der Waals surface area contributed by atoms with Crippen LogP contribution in [0.5, 0.6) is 5.75 Å². The summed E-state index contributed by atoms with van der Waals surface area (Å²) >= 11 is 0. The van der Waals surface area contributed by atoms with Crippen LogP contribution in [0, 0.1) is 0 Å². The summed E-state index contributed by atoms with van der Waals surface area (Å²) in [5, 5.41) is 5.82. The fourth-order valence-corrected chi connectivity index (χ4v) is 2.23. The molecule has 0 saturated carbocycles. The first kappa shape index (κ1) is 16.5. The van der Waals surface area contributed by atoms with Gasteiger partial charge in [0, 0.05) is 23.4 Å². The quantitative estimate of drug-likeness (QED) is 0.771. The van der Waals surface area contributed by atoms with Gasteiger partial charge in [-0.25, -0.2) is 0 Å². The number of ketones is 1. The van der Waals surface area contributed by atoms with Gasteiger partial charge in [-0.2, -0.15) is 0 Å². The molecule has 2 rings (SSSR count). The van der Waals surface area contributed by atoms with E-state index in [0.717, 1.165) is 11.3 Å². The molecule has 0 aliphatic rings. The van der Waals surface area contributed by atoms with Gasteiger partial charge in [0.25, 0.3) is 0 Å². The number of nitrogens with one attached hydrogen (secondary N) is 2. The summed E-state index contributed by atoms with van der Waals surface area (Å²) in [6, 6.07) is 14.7. The first-order valence-corrected chi connectivity index (χ1v) is 7.34. The van der Waals surface area contributed by atoms with Crippen LogP contribution in [0.1, 0.15) is 22.8 Å². The largest absolute Gasteiger partial charge is 0.496 e. The number of rotatable bonds is 7. The third kappa shape index (κ3) is 4.57. The molecule has 0 aromatic heterocycles. The van der Waals surface area contributed by atoms with E-state index in [9.17, 15) is 9.59 Å². The van der Waals surface area contributed by atoms with Crippen molar-refractivity contribution in [3.05, 3.63) is 59.7 Å². The summed E-state index contributed by atoms with van der Waals surface area (Å²) in [5.74, 6) is 0.541. The first-order valence-electron chi connectivity index (χ1n) is 7.34. The second-order valence-corrected chi connectivity index (χ2v) is 5.04. The summed E-state index contributed by atoms with van der Waals surface area (Å²) in [6.45, 7) is 1.99. The topological polar surface area (TPSA) is 67.4 Å². The Morgan fingerprint density at radius 2 is 1.74 bits per heavy atom. The SMILES string of the molecule is COc1ccccc1CNC(=O)CNc1ccccc1C(C)=O. The Bertz CT molecular complexity index is 698. The van der Waals surface area contributed by atoms with Crippen LogP contribution in [0.3, 0.4) is 0 Å². The zero-order valence-electron chi connectivity index (χ0n) is 13.3. The number of benzene rings is 2. The number of amides is 1. The van der Waals surface area contributed by atoms with E-state index in [2.05, 4.69) is 10.6 Å². The molecule has 0 aliphatic heterocycles. The Balaban J connectivity index is 1.90. The number of carbonyl (C=O) groups excluding carboxylic acids is 2. The molecule has 120 valence electrons. The minimum Gasteiger partial charge on any atom is -0.496 e. The second kappa shape index (κ2) is 7.98. The first-order chi connectivity index (χ1) is 11.1. The van der Waals surface area contributed by atoms with Crippen molar-refractivity contribution in [1.29, 1.82) is 0 Å². The molecule has 0 bridgehead atoms. The normalized spacial score (nSPS) is 10.0. The molecule has 2 aromatic carbocycles. The number of anilines is 1. The fraction of sp³-hybridized carbons (Fsp3) is 0.222. The molecule has 0 unspecified atom stereocenters. The zero-order chi connectivity index (χ0) is 16.7. The predicted octanol–water partition coefficient (Wildman–Crippen LogP) is 2.63. The lowest BCUT2D eigenvalue weighted by Gasteiger charge is -2.12. The molecule has 2 N–H and O–H groups in total. The van der Waals surface area contributed by atoms with Crippen molar-refractivity contribution in [2.45, 2.75) is 13.5 Å². The highest BCUT2D eigenvalue weighted by atomic mass is 16.5. The molecule has 0 aliphatic carbocycles. The molecule has 5 heteroatoms. The second-order valence-electron chi connectivity index (χ2n) is 5.04. The Morgan fingerprint density at radius 3 is 2.48 bits per heavy atom. The smallest absolute Gasteiger partial charge is 0.239 e. The van der Waals surface area contributed by atoms with E-state index in [-0.39, 0.29) is 18.2 Å². The Kier molecular flexibility index (Phi) is 5.74. The van der Waals surface area contributed by atoms with Crippen molar-refractivity contribution in [2.75, 3.05) is 19.0 Å². The molecule has 0 atom stereocenters. The third-order valence-electron chi connectivity index (χ3n) is 3.41. The zero-order valence-corrected chi connectivity index (χ0v) is 13.3. The van der Waals surface area contributed by atoms with Crippen LogP contribution in [0.15, 0.2) is 48.5 Å². The number of para-hydroxylation sites is 2. The van der Waals surface area contributed by atoms with Crippen LogP contribution in [0.2, 0.25) is 0 Å². The van der Waals surface area contributed by atoms with E-state index in [4.69, 9.17) is 4.74 Å². The maximum atomic E-state index is 12.0. The standard InChI is InChI=1S/C18H20N2O3/c1-13(21)15-8-4-5-9-16(15)19-12-18(22)20-11-14-7-3-6-10-17(14)23-2/h3-10,19H,11-12H2,1-2H3,(H,20,22). The van der Waals surface area contributed by atoms with Crippen LogP contribution in [-0.2, 0) is 11.3 Å². The van der Waals surface area contributed by atoms with Gasteiger partial charge in [0.2, 0.25) is 5.91 Å². The Hall–Kier alpha value is -2.82. The molecular weight excluding hydrogens is 292 g/mol. The molecule has 0 saturated heterocycles. The highest BCUT2D eigenvalue weighted by Gasteiger charge is 2.08. The molecule has 0 radical (unpaired) electrons. The summed E-state index contributed by atoms with van der Waals surface area (Å²) in [4.78, 5) is 23.5. The van der Waals surface area contributed by atoms with E-state index in [1.54, 1.807) is 25.3 Å². The van der Waals surface area contributed by atoms with Crippen LogP contribution >= 0.6 is 0 Å². The van der Waals surface area contributed by atoms with Crippen LogP contribution in [0.25, 0.3) is 0 Å². The molecule has 0 heterocycles. The average molecular weight is 312 g/mol.